The van der Waals surface area contributed by atoms with E-state index in [1.807, 2.05) is 42.5 Å². The van der Waals surface area contributed by atoms with Crippen LogP contribution in [0.4, 0.5) is 0 Å². The average molecular weight is 350 g/mol. The highest BCUT2D eigenvalue weighted by atomic mass is 16.3. The van der Waals surface area contributed by atoms with Crippen molar-refractivity contribution in [3.63, 3.8) is 0 Å². The zero-order chi connectivity index (χ0) is 17.8. The molecule has 6 heteroatoms. The standard InChI is InChI=1S/C20H22N4O2/c25-20(23-12-16-6-3-4-8-21-16)18-14-24(10-9-22-18)13-17-11-15-5-1-2-7-19(15)26-17/h1-8,11,18,22H,9-10,12-14H2,(H,23,25)/t18-/m0/s1. The van der Waals surface area contributed by atoms with Crippen LogP contribution in [0.25, 0.3) is 11.0 Å². The smallest absolute Gasteiger partial charge is 0.238 e. The summed E-state index contributed by atoms with van der Waals surface area (Å²) >= 11 is 0. The van der Waals surface area contributed by atoms with Gasteiger partial charge in [0.15, 0.2) is 0 Å². The zero-order valence-electron chi connectivity index (χ0n) is 14.5. The molecular formula is C20H22N4O2. The third-order valence-electron chi connectivity index (χ3n) is 4.60. The lowest BCUT2D eigenvalue weighted by Crippen LogP contribution is -2.56. The van der Waals surface area contributed by atoms with Crippen molar-refractivity contribution >= 4 is 16.9 Å². The number of rotatable bonds is 5. The van der Waals surface area contributed by atoms with Crippen LogP contribution in [0.1, 0.15) is 11.5 Å². The van der Waals surface area contributed by atoms with E-state index in [1.54, 1.807) is 6.20 Å². The second-order valence-corrected chi connectivity index (χ2v) is 6.53. The Morgan fingerprint density at radius 3 is 3.00 bits per heavy atom. The van der Waals surface area contributed by atoms with Crippen LogP contribution in [0.2, 0.25) is 0 Å². The molecule has 1 atom stereocenters. The molecule has 1 aromatic carbocycles. The molecule has 0 bridgehead atoms. The molecule has 134 valence electrons. The van der Waals surface area contributed by atoms with E-state index < -0.39 is 0 Å². The number of pyridine rings is 1. The van der Waals surface area contributed by atoms with Gasteiger partial charge in [-0.2, -0.15) is 0 Å². The van der Waals surface area contributed by atoms with Gasteiger partial charge in [-0.3, -0.25) is 14.7 Å². The Labute approximate surface area is 152 Å². The first-order chi connectivity index (χ1) is 12.8. The van der Waals surface area contributed by atoms with Crippen molar-refractivity contribution in [3.8, 4) is 0 Å². The van der Waals surface area contributed by atoms with Crippen molar-refractivity contribution in [1.82, 2.24) is 20.5 Å². The number of nitrogens with one attached hydrogen (secondary N) is 2. The largest absolute Gasteiger partial charge is 0.460 e. The van der Waals surface area contributed by atoms with E-state index in [-0.39, 0.29) is 11.9 Å². The summed E-state index contributed by atoms with van der Waals surface area (Å²) < 4.78 is 5.90. The molecule has 2 aromatic heterocycles. The lowest BCUT2D eigenvalue weighted by molar-refractivity contribution is -0.124. The van der Waals surface area contributed by atoms with Crippen LogP contribution in [-0.2, 0) is 17.9 Å². The molecule has 0 spiro atoms. The number of hydrogen-bond donors (Lipinski definition) is 2. The molecule has 0 unspecified atom stereocenters. The molecule has 1 aliphatic heterocycles. The summed E-state index contributed by atoms with van der Waals surface area (Å²) in [5.41, 5.74) is 1.76. The van der Waals surface area contributed by atoms with Gasteiger partial charge in [0.25, 0.3) is 0 Å². The molecule has 3 heterocycles. The van der Waals surface area contributed by atoms with Gasteiger partial charge in [-0.1, -0.05) is 24.3 Å². The van der Waals surface area contributed by atoms with Crippen molar-refractivity contribution in [2.75, 3.05) is 19.6 Å². The van der Waals surface area contributed by atoms with Gasteiger partial charge in [0.05, 0.1) is 24.8 Å². The highest BCUT2D eigenvalue weighted by molar-refractivity contribution is 5.82. The Morgan fingerprint density at radius 1 is 1.27 bits per heavy atom. The highest BCUT2D eigenvalue weighted by Gasteiger charge is 2.25. The highest BCUT2D eigenvalue weighted by Crippen LogP contribution is 2.20. The normalized spacial score (nSPS) is 18.1. The molecular weight excluding hydrogens is 328 g/mol. The number of amides is 1. The molecule has 3 aromatic rings. The number of nitrogens with zero attached hydrogens (tertiary/aromatic N) is 2. The minimum absolute atomic E-state index is 0.00459. The molecule has 4 rings (SSSR count). The van der Waals surface area contributed by atoms with Crippen LogP contribution in [0, 0.1) is 0 Å². The molecule has 2 N–H and O–H groups in total. The fraction of sp³-hybridized carbons (Fsp3) is 0.300. The van der Waals surface area contributed by atoms with Gasteiger partial charge in [-0.15, -0.1) is 0 Å². The summed E-state index contributed by atoms with van der Waals surface area (Å²) in [4.78, 5) is 18.9. The van der Waals surface area contributed by atoms with Crippen LogP contribution in [0.15, 0.2) is 59.1 Å². The minimum atomic E-state index is -0.225. The third kappa shape index (κ3) is 3.92. The van der Waals surface area contributed by atoms with Gasteiger partial charge in [0.2, 0.25) is 5.91 Å². The number of hydrogen-bond acceptors (Lipinski definition) is 5. The average Bonchev–Trinajstić information content (AvgIpc) is 3.09. The summed E-state index contributed by atoms with van der Waals surface area (Å²) in [7, 11) is 0. The van der Waals surface area contributed by atoms with Gasteiger partial charge in [0.1, 0.15) is 11.3 Å². The number of fused-ring (bicyclic) bond motifs is 1. The van der Waals surface area contributed by atoms with E-state index in [0.717, 1.165) is 35.5 Å². The lowest BCUT2D eigenvalue weighted by atomic mass is 10.2. The maximum atomic E-state index is 12.5. The van der Waals surface area contributed by atoms with E-state index in [4.69, 9.17) is 4.42 Å². The maximum Gasteiger partial charge on any atom is 0.238 e. The monoisotopic (exact) mass is 350 g/mol. The fourth-order valence-electron chi connectivity index (χ4n) is 3.27. The second kappa shape index (κ2) is 7.68. The molecule has 1 aliphatic rings. The Hall–Kier alpha value is -2.70. The molecule has 1 amide bonds. The van der Waals surface area contributed by atoms with Gasteiger partial charge in [-0.05, 0) is 24.3 Å². The number of aromatic nitrogens is 1. The molecule has 0 aliphatic carbocycles. The summed E-state index contributed by atoms with van der Waals surface area (Å²) in [6.07, 6.45) is 1.73. The second-order valence-electron chi connectivity index (χ2n) is 6.53. The van der Waals surface area contributed by atoms with Gasteiger partial charge >= 0.3 is 0 Å². The van der Waals surface area contributed by atoms with Gasteiger partial charge < -0.3 is 15.1 Å². The predicted octanol–water partition coefficient (Wildman–Crippen LogP) is 1.92. The SMILES string of the molecule is O=C(NCc1ccccn1)[C@@H]1CN(Cc2cc3ccccc3o2)CCN1. The van der Waals surface area contributed by atoms with Crippen LogP contribution < -0.4 is 10.6 Å². The van der Waals surface area contributed by atoms with Crippen molar-refractivity contribution in [2.24, 2.45) is 0 Å². The predicted molar refractivity (Wildman–Crippen MR) is 99.4 cm³/mol. The van der Waals surface area contributed by atoms with Crippen molar-refractivity contribution in [3.05, 3.63) is 66.2 Å². The molecule has 26 heavy (non-hydrogen) atoms. The summed E-state index contributed by atoms with van der Waals surface area (Å²) in [5.74, 6) is 0.936. The molecule has 0 radical (unpaired) electrons. The van der Waals surface area contributed by atoms with Gasteiger partial charge in [0, 0.05) is 31.2 Å². The van der Waals surface area contributed by atoms with Crippen LogP contribution in [0.5, 0.6) is 0 Å². The Bertz CT molecular complexity index is 845. The van der Waals surface area contributed by atoms with E-state index >= 15 is 0 Å². The van der Waals surface area contributed by atoms with Crippen molar-refractivity contribution in [2.45, 2.75) is 19.1 Å². The van der Waals surface area contributed by atoms with Crippen LogP contribution in [-0.4, -0.2) is 41.5 Å². The first-order valence-corrected chi connectivity index (χ1v) is 8.89. The lowest BCUT2D eigenvalue weighted by Gasteiger charge is -2.32. The summed E-state index contributed by atoms with van der Waals surface area (Å²) in [6.45, 7) is 3.48. The van der Waals surface area contributed by atoms with Crippen molar-refractivity contribution < 1.29 is 9.21 Å². The third-order valence-corrected chi connectivity index (χ3v) is 4.60. The molecule has 1 fully saturated rings. The van der Waals surface area contributed by atoms with Gasteiger partial charge in [-0.25, -0.2) is 0 Å². The summed E-state index contributed by atoms with van der Waals surface area (Å²) in [6, 6.07) is 15.6. The topological polar surface area (TPSA) is 70.4 Å². The Kier molecular flexibility index (Phi) is 4.95. The first kappa shape index (κ1) is 16.8. The number of furan rings is 1. The first-order valence-electron chi connectivity index (χ1n) is 8.89. The van der Waals surface area contributed by atoms with Crippen LogP contribution in [0.3, 0.4) is 0 Å². The van der Waals surface area contributed by atoms with Crippen LogP contribution >= 0.6 is 0 Å². The number of carbonyl (C=O) groups is 1. The fourth-order valence-corrected chi connectivity index (χ4v) is 3.27. The summed E-state index contributed by atoms with van der Waals surface area (Å²) in [5, 5.41) is 7.37. The minimum Gasteiger partial charge on any atom is -0.460 e. The maximum absolute atomic E-state index is 12.5. The Balaban J connectivity index is 1.33. The van der Waals surface area contributed by atoms with E-state index in [1.165, 1.54) is 0 Å². The van der Waals surface area contributed by atoms with E-state index in [9.17, 15) is 4.79 Å². The number of piperazine rings is 1. The number of carbonyl (C=O) groups excluding carboxylic acids is 1. The molecule has 1 saturated heterocycles. The quantitative estimate of drug-likeness (QED) is 0.736. The number of benzene rings is 1. The zero-order valence-corrected chi connectivity index (χ0v) is 14.5. The van der Waals surface area contributed by atoms with Crippen molar-refractivity contribution in [1.29, 1.82) is 0 Å². The molecule has 6 nitrogen and oxygen atoms in total. The Morgan fingerprint density at radius 2 is 2.15 bits per heavy atom. The van der Waals surface area contributed by atoms with E-state index in [2.05, 4.69) is 26.6 Å². The number of para-hydroxylation sites is 1. The molecule has 0 saturated carbocycles. The van der Waals surface area contributed by atoms with E-state index in [0.29, 0.717) is 19.6 Å².